The molecule has 0 saturated carbocycles. The molecule has 0 spiro atoms. The van der Waals surface area contributed by atoms with Gasteiger partial charge in [-0.2, -0.15) is 0 Å². The quantitative estimate of drug-likeness (QED) is 0.809. The third-order valence-electron chi connectivity index (χ3n) is 2.55. The minimum atomic E-state index is 0.271. The lowest BCUT2D eigenvalue weighted by Gasteiger charge is -2.05. The number of aromatic nitrogens is 2. The summed E-state index contributed by atoms with van der Waals surface area (Å²) in [5, 5.41) is 9.47. The molecular weight excluding hydrogens is 200 g/mol. The zero-order chi connectivity index (χ0) is 11.7. The van der Waals surface area contributed by atoms with Gasteiger partial charge in [0.25, 0.3) is 0 Å². The standard InChI is InChI=1S/C13H16N2O/c1-8(2)12-13(15-9(3)14-12)10-5-4-6-11(16)7-10/h4-8,16H,1-3H3,(H,14,15). The van der Waals surface area contributed by atoms with Gasteiger partial charge in [0, 0.05) is 11.3 Å². The Labute approximate surface area is 95.2 Å². The highest BCUT2D eigenvalue weighted by Gasteiger charge is 2.13. The van der Waals surface area contributed by atoms with Crippen LogP contribution >= 0.6 is 0 Å². The summed E-state index contributed by atoms with van der Waals surface area (Å²) in [5.41, 5.74) is 3.00. The number of aromatic hydroxyl groups is 1. The molecule has 84 valence electrons. The predicted molar refractivity (Wildman–Crippen MR) is 64.5 cm³/mol. The second-order valence-electron chi connectivity index (χ2n) is 4.29. The van der Waals surface area contributed by atoms with Crippen LogP contribution in [-0.4, -0.2) is 15.1 Å². The van der Waals surface area contributed by atoms with E-state index in [0.29, 0.717) is 5.92 Å². The van der Waals surface area contributed by atoms with E-state index < -0.39 is 0 Å². The molecule has 2 N–H and O–H groups in total. The Hall–Kier alpha value is -1.77. The van der Waals surface area contributed by atoms with Gasteiger partial charge in [-0.1, -0.05) is 26.0 Å². The number of hydrogen-bond acceptors (Lipinski definition) is 2. The van der Waals surface area contributed by atoms with Crippen molar-refractivity contribution >= 4 is 0 Å². The summed E-state index contributed by atoms with van der Waals surface area (Å²) >= 11 is 0. The van der Waals surface area contributed by atoms with Crippen molar-refractivity contribution in [2.24, 2.45) is 0 Å². The lowest BCUT2D eigenvalue weighted by molar-refractivity contribution is 0.475. The van der Waals surface area contributed by atoms with Crippen LogP contribution < -0.4 is 0 Å². The van der Waals surface area contributed by atoms with Gasteiger partial charge in [-0.15, -0.1) is 0 Å². The smallest absolute Gasteiger partial charge is 0.116 e. The molecule has 16 heavy (non-hydrogen) atoms. The van der Waals surface area contributed by atoms with Crippen molar-refractivity contribution in [1.29, 1.82) is 0 Å². The van der Waals surface area contributed by atoms with Gasteiger partial charge in [-0.25, -0.2) is 4.98 Å². The van der Waals surface area contributed by atoms with Crippen LogP contribution in [0.1, 0.15) is 31.3 Å². The van der Waals surface area contributed by atoms with Gasteiger partial charge in [0.15, 0.2) is 0 Å². The van der Waals surface area contributed by atoms with Gasteiger partial charge in [0.2, 0.25) is 0 Å². The second-order valence-corrected chi connectivity index (χ2v) is 4.29. The number of imidazole rings is 1. The molecule has 0 aliphatic heterocycles. The van der Waals surface area contributed by atoms with Crippen molar-refractivity contribution in [1.82, 2.24) is 9.97 Å². The summed E-state index contributed by atoms with van der Waals surface area (Å²) < 4.78 is 0. The van der Waals surface area contributed by atoms with Crippen molar-refractivity contribution in [2.75, 3.05) is 0 Å². The first-order chi connectivity index (χ1) is 7.58. The number of H-pyrrole nitrogens is 1. The Morgan fingerprint density at radius 1 is 1.31 bits per heavy atom. The molecule has 3 nitrogen and oxygen atoms in total. The monoisotopic (exact) mass is 216 g/mol. The summed E-state index contributed by atoms with van der Waals surface area (Å²) in [7, 11) is 0. The van der Waals surface area contributed by atoms with Gasteiger partial charge in [0.05, 0.1) is 5.69 Å². The summed E-state index contributed by atoms with van der Waals surface area (Å²) in [6.07, 6.45) is 0. The fraction of sp³-hybridized carbons (Fsp3) is 0.308. The first-order valence-corrected chi connectivity index (χ1v) is 5.44. The van der Waals surface area contributed by atoms with E-state index in [4.69, 9.17) is 0 Å². The summed E-state index contributed by atoms with van der Waals surface area (Å²) in [6, 6.07) is 7.19. The highest BCUT2D eigenvalue weighted by molar-refractivity contribution is 5.64. The highest BCUT2D eigenvalue weighted by Crippen LogP contribution is 2.28. The molecular formula is C13H16N2O. The van der Waals surface area contributed by atoms with Crippen molar-refractivity contribution in [3.05, 3.63) is 35.8 Å². The number of phenolic OH excluding ortho intramolecular Hbond substituents is 1. The molecule has 0 aliphatic carbocycles. The maximum absolute atomic E-state index is 9.47. The summed E-state index contributed by atoms with van der Waals surface area (Å²) in [4.78, 5) is 7.75. The molecule has 0 aliphatic rings. The van der Waals surface area contributed by atoms with E-state index in [1.54, 1.807) is 12.1 Å². The second kappa shape index (κ2) is 4.00. The third kappa shape index (κ3) is 1.94. The molecule has 3 heteroatoms. The lowest BCUT2D eigenvalue weighted by atomic mass is 10.0. The van der Waals surface area contributed by atoms with Crippen LogP contribution in [0.2, 0.25) is 0 Å². The Morgan fingerprint density at radius 3 is 2.69 bits per heavy atom. The van der Waals surface area contributed by atoms with Crippen LogP contribution in [-0.2, 0) is 0 Å². The van der Waals surface area contributed by atoms with Gasteiger partial charge in [0.1, 0.15) is 11.6 Å². The minimum absolute atomic E-state index is 0.271. The van der Waals surface area contributed by atoms with E-state index in [1.807, 2.05) is 19.1 Å². The van der Waals surface area contributed by atoms with Crippen LogP contribution in [0.15, 0.2) is 24.3 Å². The first-order valence-electron chi connectivity index (χ1n) is 5.44. The van der Waals surface area contributed by atoms with E-state index in [0.717, 1.165) is 22.8 Å². The number of phenols is 1. The zero-order valence-electron chi connectivity index (χ0n) is 9.78. The number of aromatic amines is 1. The van der Waals surface area contributed by atoms with Crippen molar-refractivity contribution in [3.63, 3.8) is 0 Å². The molecule has 2 rings (SSSR count). The van der Waals surface area contributed by atoms with E-state index in [-0.39, 0.29) is 5.75 Å². The average Bonchev–Trinajstić information content (AvgIpc) is 2.60. The maximum Gasteiger partial charge on any atom is 0.116 e. The van der Waals surface area contributed by atoms with Crippen LogP contribution in [0.5, 0.6) is 5.75 Å². The van der Waals surface area contributed by atoms with Gasteiger partial charge >= 0.3 is 0 Å². The molecule has 0 bridgehead atoms. The zero-order valence-corrected chi connectivity index (χ0v) is 9.78. The normalized spacial score (nSPS) is 11.0. The van der Waals surface area contributed by atoms with E-state index in [1.165, 1.54) is 0 Å². The van der Waals surface area contributed by atoms with Crippen molar-refractivity contribution < 1.29 is 5.11 Å². The Bertz CT molecular complexity index is 500. The topological polar surface area (TPSA) is 48.9 Å². The molecule has 0 unspecified atom stereocenters. The molecule has 0 radical (unpaired) electrons. The molecule has 1 aromatic carbocycles. The molecule has 2 aromatic rings. The number of aryl methyl sites for hydroxylation is 1. The van der Waals surface area contributed by atoms with E-state index in [2.05, 4.69) is 23.8 Å². The fourth-order valence-electron chi connectivity index (χ4n) is 1.80. The SMILES string of the molecule is Cc1nc(-c2cccc(O)c2)c(C(C)C)[nH]1. The number of nitrogens with zero attached hydrogens (tertiary/aromatic N) is 1. The van der Waals surface area contributed by atoms with Gasteiger partial charge < -0.3 is 10.1 Å². The molecule has 1 heterocycles. The largest absolute Gasteiger partial charge is 0.508 e. The predicted octanol–water partition coefficient (Wildman–Crippen LogP) is 3.21. The Balaban J connectivity index is 2.55. The molecule has 1 aromatic heterocycles. The van der Waals surface area contributed by atoms with Crippen molar-refractivity contribution in [2.45, 2.75) is 26.7 Å². The minimum Gasteiger partial charge on any atom is -0.508 e. The maximum atomic E-state index is 9.47. The first kappa shape index (κ1) is 10.7. The van der Waals surface area contributed by atoms with Crippen LogP contribution in [0.25, 0.3) is 11.3 Å². The van der Waals surface area contributed by atoms with Crippen LogP contribution in [0, 0.1) is 6.92 Å². The van der Waals surface area contributed by atoms with E-state index >= 15 is 0 Å². The Morgan fingerprint density at radius 2 is 2.06 bits per heavy atom. The molecule has 0 amide bonds. The average molecular weight is 216 g/mol. The fourth-order valence-corrected chi connectivity index (χ4v) is 1.80. The number of nitrogens with one attached hydrogen (secondary N) is 1. The van der Waals surface area contributed by atoms with E-state index in [9.17, 15) is 5.11 Å². The van der Waals surface area contributed by atoms with Gasteiger partial charge in [-0.05, 0) is 25.0 Å². The number of rotatable bonds is 2. The number of benzene rings is 1. The lowest BCUT2D eigenvalue weighted by Crippen LogP contribution is -1.91. The highest BCUT2D eigenvalue weighted by atomic mass is 16.3. The third-order valence-corrected chi connectivity index (χ3v) is 2.55. The van der Waals surface area contributed by atoms with Crippen molar-refractivity contribution in [3.8, 4) is 17.0 Å². The van der Waals surface area contributed by atoms with Crippen LogP contribution in [0.3, 0.4) is 0 Å². The number of hydrogen-bond donors (Lipinski definition) is 2. The summed E-state index contributed by atoms with van der Waals surface area (Å²) in [6.45, 7) is 6.19. The van der Waals surface area contributed by atoms with Gasteiger partial charge in [-0.3, -0.25) is 0 Å². The molecule has 0 fully saturated rings. The molecule has 0 atom stereocenters. The molecule has 0 saturated heterocycles. The summed E-state index contributed by atoms with van der Waals surface area (Å²) in [5.74, 6) is 1.56. The Kier molecular flexibility index (Phi) is 2.69. The van der Waals surface area contributed by atoms with Crippen LogP contribution in [0.4, 0.5) is 0 Å².